The van der Waals surface area contributed by atoms with Gasteiger partial charge in [0.25, 0.3) is 5.91 Å². The molecule has 2 aromatic rings. The minimum absolute atomic E-state index is 0.165. The minimum Gasteiger partial charge on any atom is -0.321 e. The van der Waals surface area contributed by atoms with Gasteiger partial charge in [-0.15, -0.1) is 0 Å². The fourth-order valence-corrected chi connectivity index (χ4v) is 2.15. The van der Waals surface area contributed by atoms with E-state index in [-0.39, 0.29) is 5.91 Å². The van der Waals surface area contributed by atoms with Crippen LogP contribution in [0, 0.1) is 13.8 Å². The molecule has 0 saturated carbocycles. The Morgan fingerprint density at radius 1 is 1.37 bits per heavy atom. The van der Waals surface area contributed by atoms with Crippen LogP contribution in [0.15, 0.2) is 34.9 Å². The zero-order valence-corrected chi connectivity index (χ0v) is 12.8. The van der Waals surface area contributed by atoms with Crippen LogP contribution < -0.4 is 5.32 Å². The van der Waals surface area contributed by atoms with E-state index in [1.54, 1.807) is 18.3 Å². The number of hydrogen-bond donors (Lipinski definition) is 1. The molecule has 0 radical (unpaired) electrons. The van der Waals surface area contributed by atoms with Gasteiger partial charge < -0.3 is 5.32 Å². The molecule has 3 nitrogen and oxygen atoms in total. The highest BCUT2D eigenvalue weighted by Crippen LogP contribution is 2.21. The zero-order valence-electron chi connectivity index (χ0n) is 10.5. The Hall–Kier alpha value is -1.39. The topological polar surface area (TPSA) is 42.0 Å². The largest absolute Gasteiger partial charge is 0.321 e. The lowest BCUT2D eigenvalue weighted by atomic mass is 10.1. The van der Waals surface area contributed by atoms with E-state index in [9.17, 15) is 4.79 Å². The van der Waals surface area contributed by atoms with E-state index in [0.717, 1.165) is 15.6 Å². The monoisotopic (exact) mass is 338 g/mol. The first-order valence-electron chi connectivity index (χ1n) is 5.67. The number of halogens is 2. The molecule has 0 fully saturated rings. The highest BCUT2D eigenvalue weighted by atomic mass is 79.9. The van der Waals surface area contributed by atoms with Crippen molar-refractivity contribution in [3.63, 3.8) is 0 Å². The van der Waals surface area contributed by atoms with Crippen LogP contribution in [0.5, 0.6) is 0 Å². The first kappa shape index (κ1) is 14.0. The number of aromatic nitrogens is 1. The van der Waals surface area contributed by atoms with Crippen molar-refractivity contribution in [3.8, 4) is 0 Å². The summed E-state index contributed by atoms with van der Waals surface area (Å²) >= 11 is 9.26. The number of carbonyl (C=O) groups is 1. The maximum atomic E-state index is 12.2. The summed E-state index contributed by atoms with van der Waals surface area (Å²) in [6.07, 6.45) is 1.54. The number of anilines is 1. The predicted molar refractivity (Wildman–Crippen MR) is 80.8 cm³/mol. The molecule has 19 heavy (non-hydrogen) atoms. The molecular weight excluding hydrogens is 328 g/mol. The third-order valence-electron chi connectivity index (χ3n) is 2.78. The molecule has 1 N–H and O–H groups in total. The summed E-state index contributed by atoms with van der Waals surface area (Å²) in [6.45, 7) is 3.74. The summed E-state index contributed by atoms with van der Waals surface area (Å²) in [7, 11) is 0. The van der Waals surface area contributed by atoms with Crippen molar-refractivity contribution in [1.29, 1.82) is 0 Å². The zero-order chi connectivity index (χ0) is 14.0. The number of nitrogens with one attached hydrogen (secondary N) is 1. The Morgan fingerprint density at radius 2 is 2.11 bits per heavy atom. The molecule has 0 aliphatic carbocycles. The molecule has 98 valence electrons. The summed E-state index contributed by atoms with van der Waals surface area (Å²) in [4.78, 5) is 16.2. The molecule has 0 aliphatic rings. The average Bonchev–Trinajstić information content (AvgIpc) is 2.37. The van der Waals surface area contributed by atoms with Crippen molar-refractivity contribution >= 4 is 39.1 Å². The van der Waals surface area contributed by atoms with Crippen LogP contribution in [0.25, 0.3) is 0 Å². The van der Waals surface area contributed by atoms with Crippen LogP contribution in [-0.2, 0) is 0 Å². The number of rotatable bonds is 2. The fraction of sp³-hybridized carbons (Fsp3) is 0.143. The van der Waals surface area contributed by atoms with Gasteiger partial charge in [-0.2, -0.15) is 0 Å². The van der Waals surface area contributed by atoms with Gasteiger partial charge in [0, 0.05) is 10.0 Å². The van der Waals surface area contributed by atoms with Gasteiger partial charge in [0.15, 0.2) is 0 Å². The standard InChI is InChI=1S/C14H12BrClN2O/c1-8-6-10(7-17-13(8)16)18-14(19)11-4-3-5-12(15)9(11)2/h3-7H,1-2H3,(H,18,19). The third-order valence-corrected chi connectivity index (χ3v) is 4.04. The summed E-state index contributed by atoms with van der Waals surface area (Å²) in [6, 6.07) is 7.31. The highest BCUT2D eigenvalue weighted by Gasteiger charge is 2.11. The Bertz CT molecular complexity index is 643. The summed E-state index contributed by atoms with van der Waals surface area (Å²) in [5, 5.41) is 3.25. The average molecular weight is 340 g/mol. The van der Waals surface area contributed by atoms with E-state index in [0.29, 0.717) is 16.4 Å². The first-order valence-corrected chi connectivity index (χ1v) is 6.84. The maximum Gasteiger partial charge on any atom is 0.256 e. The van der Waals surface area contributed by atoms with Crippen molar-refractivity contribution in [1.82, 2.24) is 4.98 Å². The van der Waals surface area contributed by atoms with Gasteiger partial charge in [-0.25, -0.2) is 4.98 Å². The van der Waals surface area contributed by atoms with Crippen LogP contribution in [-0.4, -0.2) is 10.9 Å². The molecule has 0 atom stereocenters. The SMILES string of the molecule is Cc1cc(NC(=O)c2cccc(Br)c2C)cnc1Cl. The van der Waals surface area contributed by atoms with Crippen molar-refractivity contribution in [2.45, 2.75) is 13.8 Å². The Morgan fingerprint density at radius 3 is 2.79 bits per heavy atom. The molecule has 1 amide bonds. The van der Waals surface area contributed by atoms with Gasteiger partial charge in [-0.05, 0) is 43.2 Å². The van der Waals surface area contributed by atoms with Crippen LogP contribution in [0.2, 0.25) is 5.15 Å². The van der Waals surface area contributed by atoms with Gasteiger partial charge in [0.05, 0.1) is 11.9 Å². The van der Waals surface area contributed by atoms with Crippen molar-refractivity contribution < 1.29 is 4.79 Å². The van der Waals surface area contributed by atoms with Gasteiger partial charge in [-0.3, -0.25) is 4.79 Å². The lowest BCUT2D eigenvalue weighted by molar-refractivity contribution is 0.102. The van der Waals surface area contributed by atoms with Crippen LogP contribution in [0.1, 0.15) is 21.5 Å². The van der Waals surface area contributed by atoms with Gasteiger partial charge in [0.2, 0.25) is 0 Å². The second-order valence-corrected chi connectivity index (χ2v) is 5.41. The van der Waals surface area contributed by atoms with Gasteiger partial charge in [0.1, 0.15) is 5.15 Å². The Kier molecular flexibility index (Phi) is 4.22. The van der Waals surface area contributed by atoms with Crippen LogP contribution >= 0.6 is 27.5 Å². The molecule has 0 unspecified atom stereocenters. The second-order valence-electron chi connectivity index (χ2n) is 4.20. The number of pyridine rings is 1. The molecule has 1 heterocycles. The van der Waals surface area contributed by atoms with E-state index < -0.39 is 0 Å². The van der Waals surface area contributed by atoms with E-state index in [1.807, 2.05) is 26.0 Å². The number of nitrogens with zero attached hydrogens (tertiary/aromatic N) is 1. The Labute approximate surface area is 125 Å². The fourth-order valence-electron chi connectivity index (χ4n) is 1.68. The van der Waals surface area contributed by atoms with Gasteiger partial charge >= 0.3 is 0 Å². The van der Waals surface area contributed by atoms with Crippen molar-refractivity contribution in [2.24, 2.45) is 0 Å². The molecule has 5 heteroatoms. The molecule has 0 bridgehead atoms. The number of hydrogen-bond acceptors (Lipinski definition) is 2. The lowest BCUT2D eigenvalue weighted by Crippen LogP contribution is -2.13. The number of amides is 1. The lowest BCUT2D eigenvalue weighted by Gasteiger charge is -2.09. The number of aryl methyl sites for hydroxylation is 1. The van der Waals surface area contributed by atoms with E-state index in [2.05, 4.69) is 26.2 Å². The first-order chi connectivity index (χ1) is 8.99. The molecular formula is C14H12BrClN2O. The minimum atomic E-state index is -0.165. The smallest absolute Gasteiger partial charge is 0.256 e. The van der Waals surface area contributed by atoms with Crippen LogP contribution in [0.3, 0.4) is 0 Å². The normalized spacial score (nSPS) is 10.3. The van der Waals surface area contributed by atoms with Crippen molar-refractivity contribution in [3.05, 3.63) is 56.8 Å². The van der Waals surface area contributed by atoms with Crippen LogP contribution in [0.4, 0.5) is 5.69 Å². The molecule has 0 aliphatic heterocycles. The van der Waals surface area contributed by atoms with E-state index >= 15 is 0 Å². The molecule has 0 saturated heterocycles. The quantitative estimate of drug-likeness (QED) is 0.826. The number of carbonyl (C=O) groups excluding carboxylic acids is 1. The summed E-state index contributed by atoms with van der Waals surface area (Å²) in [5.74, 6) is -0.165. The Balaban J connectivity index is 2.26. The van der Waals surface area contributed by atoms with Gasteiger partial charge in [-0.1, -0.05) is 33.6 Å². The molecule has 0 spiro atoms. The number of benzene rings is 1. The molecule has 1 aromatic carbocycles. The van der Waals surface area contributed by atoms with E-state index in [4.69, 9.17) is 11.6 Å². The predicted octanol–water partition coefficient (Wildman–Crippen LogP) is 4.37. The molecule has 2 rings (SSSR count). The highest BCUT2D eigenvalue weighted by molar-refractivity contribution is 9.10. The molecule has 1 aromatic heterocycles. The summed E-state index contributed by atoms with van der Waals surface area (Å²) < 4.78 is 0.908. The maximum absolute atomic E-state index is 12.2. The second kappa shape index (κ2) is 5.72. The van der Waals surface area contributed by atoms with E-state index in [1.165, 1.54) is 0 Å². The summed E-state index contributed by atoms with van der Waals surface area (Å²) in [5.41, 5.74) is 2.98. The van der Waals surface area contributed by atoms with Crippen molar-refractivity contribution in [2.75, 3.05) is 5.32 Å². The third kappa shape index (κ3) is 3.14.